The molecule has 0 bridgehead atoms. The minimum Gasteiger partial charge on any atom is -0.459 e. The van der Waals surface area contributed by atoms with E-state index >= 15 is 0 Å². The van der Waals surface area contributed by atoms with Crippen molar-refractivity contribution in [3.8, 4) is 6.07 Å². The van der Waals surface area contributed by atoms with E-state index < -0.39 is 17.6 Å². The summed E-state index contributed by atoms with van der Waals surface area (Å²) in [4.78, 5) is 24.7. The van der Waals surface area contributed by atoms with Gasteiger partial charge in [0.25, 0.3) is 5.56 Å². The van der Waals surface area contributed by atoms with Crippen LogP contribution in [0.2, 0.25) is 0 Å². The summed E-state index contributed by atoms with van der Waals surface area (Å²) in [6.45, 7) is 3.69. The number of hydrogen-bond donors (Lipinski definition) is 0. The molecule has 2 rings (SSSR count). The molecule has 2 aromatic rings. The van der Waals surface area contributed by atoms with Gasteiger partial charge in [-0.1, -0.05) is 37.3 Å². The Bertz CT molecular complexity index is 788. The Morgan fingerprint density at radius 2 is 1.96 bits per heavy atom. The van der Waals surface area contributed by atoms with Crippen molar-refractivity contribution in [2.45, 2.75) is 32.9 Å². The predicted octanol–water partition coefficient (Wildman–Crippen LogP) is 2.72. The van der Waals surface area contributed by atoms with Gasteiger partial charge in [-0.25, -0.2) is 4.79 Å². The van der Waals surface area contributed by atoms with Crippen LogP contribution in [0.15, 0.2) is 47.3 Å². The Balaban J connectivity index is 2.25. The van der Waals surface area contributed by atoms with E-state index in [9.17, 15) is 9.59 Å². The number of aryl methyl sites for hydroxylation is 1. The number of nitrogens with zero attached hydrogens (tertiary/aromatic N) is 2. The van der Waals surface area contributed by atoms with Crippen LogP contribution in [0.3, 0.4) is 0 Å². The number of hydrogen-bond acceptors (Lipinski definition) is 4. The first-order valence-corrected chi connectivity index (χ1v) is 7.41. The van der Waals surface area contributed by atoms with Gasteiger partial charge in [-0.05, 0) is 31.0 Å². The average molecular weight is 310 g/mol. The lowest BCUT2D eigenvalue weighted by Crippen LogP contribution is -2.33. The molecule has 1 aromatic carbocycles. The van der Waals surface area contributed by atoms with Crippen molar-refractivity contribution < 1.29 is 9.53 Å². The largest absolute Gasteiger partial charge is 0.459 e. The molecule has 0 radical (unpaired) electrons. The second kappa shape index (κ2) is 7.41. The zero-order chi connectivity index (χ0) is 16.8. The van der Waals surface area contributed by atoms with Crippen LogP contribution in [-0.2, 0) is 16.1 Å². The molecule has 0 aliphatic heterocycles. The maximum absolute atomic E-state index is 12.4. The fourth-order valence-corrected chi connectivity index (χ4v) is 2.40. The molecular weight excluding hydrogens is 292 g/mol. The summed E-state index contributed by atoms with van der Waals surface area (Å²) in [5.41, 5.74) is 1.06. The fraction of sp³-hybridized carbons (Fsp3) is 0.278. The second-order valence-electron chi connectivity index (χ2n) is 5.19. The van der Waals surface area contributed by atoms with E-state index in [1.165, 1.54) is 10.6 Å². The maximum Gasteiger partial charge on any atom is 0.329 e. The molecule has 0 spiro atoms. The SMILES string of the molecule is CCC(C(=O)OCc1ccccc1)n1c(C)ccc(C#N)c1=O. The van der Waals surface area contributed by atoms with E-state index in [-0.39, 0.29) is 12.2 Å². The Morgan fingerprint density at radius 3 is 2.57 bits per heavy atom. The third-order valence-corrected chi connectivity index (χ3v) is 3.64. The van der Waals surface area contributed by atoms with Crippen LogP contribution in [0.25, 0.3) is 0 Å². The summed E-state index contributed by atoms with van der Waals surface area (Å²) in [6.07, 6.45) is 0.406. The Kier molecular flexibility index (Phi) is 5.32. The van der Waals surface area contributed by atoms with Crippen molar-refractivity contribution in [2.75, 3.05) is 0 Å². The number of ether oxygens (including phenoxy) is 1. The highest BCUT2D eigenvalue weighted by atomic mass is 16.5. The van der Waals surface area contributed by atoms with E-state index in [0.717, 1.165) is 5.56 Å². The summed E-state index contributed by atoms with van der Waals surface area (Å²) in [7, 11) is 0. The van der Waals surface area contributed by atoms with E-state index in [4.69, 9.17) is 10.00 Å². The van der Waals surface area contributed by atoms with Gasteiger partial charge in [0.2, 0.25) is 0 Å². The molecule has 1 atom stereocenters. The summed E-state index contributed by atoms with van der Waals surface area (Å²) in [5, 5.41) is 9.00. The summed E-state index contributed by atoms with van der Waals surface area (Å²) in [6, 6.07) is 13.6. The van der Waals surface area contributed by atoms with Gasteiger partial charge >= 0.3 is 5.97 Å². The molecule has 0 saturated heterocycles. The van der Waals surface area contributed by atoms with E-state index in [0.29, 0.717) is 12.1 Å². The lowest BCUT2D eigenvalue weighted by atomic mass is 10.1. The number of carbonyl (C=O) groups is 1. The lowest BCUT2D eigenvalue weighted by molar-refractivity contribution is -0.149. The number of pyridine rings is 1. The molecule has 118 valence electrons. The van der Waals surface area contributed by atoms with Crippen LogP contribution in [0.4, 0.5) is 0 Å². The highest BCUT2D eigenvalue weighted by Crippen LogP contribution is 2.15. The van der Waals surface area contributed by atoms with Crippen LogP contribution in [0.1, 0.15) is 36.2 Å². The highest BCUT2D eigenvalue weighted by molar-refractivity contribution is 5.74. The Morgan fingerprint density at radius 1 is 1.26 bits per heavy atom. The first kappa shape index (κ1) is 16.5. The van der Waals surface area contributed by atoms with Gasteiger partial charge in [0.15, 0.2) is 0 Å². The number of rotatable bonds is 5. The third-order valence-electron chi connectivity index (χ3n) is 3.64. The quantitative estimate of drug-likeness (QED) is 0.796. The summed E-state index contributed by atoms with van der Waals surface area (Å²) < 4.78 is 6.68. The number of aromatic nitrogens is 1. The van der Waals surface area contributed by atoms with Crippen molar-refractivity contribution >= 4 is 5.97 Å². The zero-order valence-electron chi connectivity index (χ0n) is 13.2. The molecule has 23 heavy (non-hydrogen) atoms. The van der Waals surface area contributed by atoms with Crippen LogP contribution in [-0.4, -0.2) is 10.5 Å². The molecule has 0 amide bonds. The van der Waals surface area contributed by atoms with Crippen LogP contribution >= 0.6 is 0 Å². The maximum atomic E-state index is 12.4. The molecule has 0 saturated carbocycles. The van der Waals surface area contributed by atoms with Crippen LogP contribution in [0.5, 0.6) is 0 Å². The van der Waals surface area contributed by atoms with Gasteiger partial charge in [-0.2, -0.15) is 5.26 Å². The Hall–Kier alpha value is -2.87. The first-order valence-electron chi connectivity index (χ1n) is 7.41. The van der Waals surface area contributed by atoms with Gasteiger partial charge in [-0.3, -0.25) is 9.36 Å². The van der Waals surface area contributed by atoms with Crippen molar-refractivity contribution in [3.05, 3.63) is 69.6 Å². The minimum absolute atomic E-state index is 0.0184. The van der Waals surface area contributed by atoms with E-state index in [1.807, 2.05) is 36.4 Å². The molecule has 5 heteroatoms. The van der Waals surface area contributed by atoms with Gasteiger partial charge in [0.1, 0.15) is 24.3 Å². The van der Waals surface area contributed by atoms with Crippen LogP contribution < -0.4 is 5.56 Å². The smallest absolute Gasteiger partial charge is 0.329 e. The molecule has 0 N–H and O–H groups in total. The molecule has 1 unspecified atom stereocenters. The lowest BCUT2D eigenvalue weighted by Gasteiger charge is -2.19. The van der Waals surface area contributed by atoms with Gasteiger partial charge < -0.3 is 4.74 Å². The summed E-state index contributed by atoms with van der Waals surface area (Å²) in [5.74, 6) is -0.475. The number of nitriles is 1. The zero-order valence-corrected chi connectivity index (χ0v) is 13.2. The Labute approximate surface area is 134 Å². The van der Waals surface area contributed by atoms with E-state index in [1.54, 1.807) is 19.9 Å². The molecular formula is C18H18N2O3. The van der Waals surface area contributed by atoms with Crippen LogP contribution in [0, 0.1) is 18.3 Å². The molecule has 0 aliphatic carbocycles. The number of carbonyl (C=O) groups excluding carboxylic acids is 1. The molecule has 5 nitrogen and oxygen atoms in total. The molecule has 1 aromatic heterocycles. The highest BCUT2D eigenvalue weighted by Gasteiger charge is 2.23. The van der Waals surface area contributed by atoms with Gasteiger partial charge in [0.05, 0.1) is 0 Å². The third kappa shape index (κ3) is 3.67. The number of benzene rings is 1. The van der Waals surface area contributed by atoms with Gasteiger partial charge in [0, 0.05) is 5.69 Å². The van der Waals surface area contributed by atoms with Crippen molar-refractivity contribution in [2.24, 2.45) is 0 Å². The standard InChI is InChI=1S/C18H18N2O3/c1-3-16(18(22)23-12-14-7-5-4-6-8-14)20-13(2)9-10-15(11-19)17(20)21/h4-10,16H,3,12H2,1-2H3. The second-order valence-corrected chi connectivity index (χ2v) is 5.19. The molecule has 0 fully saturated rings. The van der Waals surface area contributed by atoms with Crippen molar-refractivity contribution in [1.82, 2.24) is 4.57 Å². The monoisotopic (exact) mass is 310 g/mol. The predicted molar refractivity (Wildman–Crippen MR) is 85.7 cm³/mol. The van der Waals surface area contributed by atoms with Gasteiger partial charge in [-0.15, -0.1) is 0 Å². The van der Waals surface area contributed by atoms with E-state index in [2.05, 4.69) is 0 Å². The topological polar surface area (TPSA) is 72.1 Å². The number of esters is 1. The minimum atomic E-state index is -0.737. The average Bonchev–Trinajstić information content (AvgIpc) is 2.57. The normalized spacial score (nSPS) is 11.5. The van der Waals surface area contributed by atoms with Crippen molar-refractivity contribution in [1.29, 1.82) is 5.26 Å². The molecule has 0 aliphatic rings. The first-order chi connectivity index (χ1) is 11.1. The fourth-order valence-electron chi connectivity index (χ4n) is 2.40. The van der Waals surface area contributed by atoms with Crippen molar-refractivity contribution in [3.63, 3.8) is 0 Å². The summed E-state index contributed by atoms with van der Waals surface area (Å²) >= 11 is 0. The molecule has 1 heterocycles.